The molecule has 0 atom stereocenters. The Morgan fingerprint density at radius 2 is 1.82 bits per heavy atom. The second kappa shape index (κ2) is 6.25. The van der Waals surface area contributed by atoms with Gasteiger partial charge in [0.15, 0.2) is 11.5 Å². The third-order valence-electron chi connectivity index (χ3n) is 2.78. The minimum Gasteiger partial charge on any atom is -0.504 e. The van der Waals surface area contributed by atoms with Crippen LogP contribution in [0.2, 0.25) is 5.02 Å². The molecule has 116 valence electrons. The first kappa shape index (κ1) is 16.1. The van der Waals surface area contributed by atoms with Crippen molar-refractivity contribution in [2.24, 2.45) is 5.10 Å². The van der Waals surface area contributed by atoms with Gasteiger partial charge in [-0.25, -0.2) is 4.83 Å². The van der Waals surface area contributed by atoms with Crippen LogP contribution in [0.25, 0.3) is 0 Å². The molecule has 0 heterocycles. The molecule has 0 saturated carbocycles. The van der Waals surface area contributed by atoms with Crippen LogP contribution in [0.4, 0.5) is 0 Å². The van der Waals surface area contributed by atoms with E-state index in [2.05, 4.69) is 9.93 Å². The molecule has 0 spiro atoms. The normalized spacial score (nSPS) is 11.7. The molecule has 2 aromatic rings. The number of nitrogens with one attached hydrogen (secondary N) is 1. The van der Waals surface area contributed by atoms with Crippen molar-refractivity contribution in [1.82, 2.24) is 4.83 Å². The van der Waals surface area contributed by atoms with Gasteiger partial charge in [0.1, 0.15) is 0 Å². The predicted molar refractivity (Wildman–Crippen MR) is 83.9 cm³/mol. The Kier molecular flexibility index (Phi) is 4.58. The van der Waals surface area contributed by atoms with Crippen molar-refractivity contribution in [3.05, 3.63) is 52.5 Å². The maximum atomic E-state index is 12.0. The van der Waals surface area contributed by atoms with E-state index in [1.807, 2.05) is 6.92 Å². The summed E-state index contributed by atoms with van der Waals surface area (Å²) in [7, 11) is -3.77. The molecule has 0 bridgehead atoms. The number of hydrazone groups is 1. The van der Waals surface area contributed by atoms with Crippen LogP contribution in [0.5, 0.6) is 11.5 Å². The number of hydrogen-bond donors (Lipinski definition) is 3. The molecule has 0 fully saturated rings. The molecule has 3 N–H and O–H groups in total. The lowest BCUT2D eigenvalue weighted by Gasteiger charge is -2.04. The average molecular weight is 341 g/mol. The number of aromatic hydroxyl groups is 2. The van der Waals surface area contributed by atoms with Gasteiger partial charge in [0.25, 0.3) is 10.0 Å². The van der Waals surface area contributed by atoms with Crippen LogP contribution in [-0.2, 0) is 10.0 Å². The quantitative estimate of drug-likeness (QED) is 0.452. The number of nitrogens with zero attached hydrogens (tertiary/aromatic N) is 1. The Morgan fingerprint density at radius 3 is 2.41 bits per heavy atom. The van der Waals surface area contributed by atoms with Crippen molar-refractivity contribution in [2.75, 3.05) is 0 Å². The van der Waals surface area contributed by atoms with Crippen molar-refractivity contribution >= 4 is 27.8 Å². The number of rotatable bonds is 4. The van der Waals surface area contributed by atoms with Crippen molar-refractivity contribution < 1.29 is 18.6 Å². The largest absolute Gasteiger partial charge is 0.504 e. The smallest absolute Gasteiger partial charge is 0.276 e. The molecule has 0 aromatic heterocycles. The summed E-state index contributed by atoms with van der Waals surface area (Å²) < 4.78 is 24.0. The molecule has 0 unspecified atom stereocenters. The predicted octanol–water partition coefficient (Wildman–Crippen LogP) is 2.37. The Morgan fingerprint density at radius 1 is 1.18 bits per heavy atom. The Labute approximate surface area is 132 Å². The van der Waals surface area contributed by atoms with Crippen LogP contribution in [0.1, 0.15) is 11.1 Å². The Balaban J connectivity index is 2.16. The maximum Gasteiger partial charge on any atom is 0.276 e. The zero-order valence-corrected chi connectivity index (χ0v) is 13.1. The summed E-state index contributed by atoms with van der Waals surface area (Å²) in [4.78, 5) is 2.14. The lowest BCUT2D eigenvalue weighted by atomic mass is 10.2. The van der Waals surface area contributed by atoms with Gasteiger partial charge in [0, 0.05) is 0 Å². The van der Waals surface area contributed by atoms with Crippen LogP contribution in [0, 0.1) is 6.92 Å². The van der Waals surface area contributed by atoms with Crippen LogP contribution < -0.4 is 4.83 Å². The van der Waals surface area contributed by atoms with Gasteiger partial charge in [-0.15, -0.1) is 0 Å². The third kappa shape index (κ3) is 3.69. The number of sulfonamides is 1. The van der Waals surface area contributed by atoms with Gasteiger partial charge in [0.05, 0.1) is 16.1 Å². The molecular formula is C14H13ClN2O4S. The molecule has 0 aliphatic heterocycles. The number of phenolic OH excluding ortho intramolecular Hbond substituents is 2. The highest BCUT2D eigenvalue weighted by Gasteiger charge is 2.12. The third-order valence-corrected chi connectivity index (χ3v) is 4.31. The van der Waals surface area contributed by atoms with Crippen LogP contribution in [0.3, 0.4) is 0 Å². The molecule has 2 aromatic carbocycles. The summed E-state index contributed by atoms with van der Waals surface area (Å²) in [5.41, 5.74) is 1.27. The first-order valence-electron chi connectivity index (χ1n) is 6.12. The number of halogens is 1. The molecule has 2 rings (SSSR count). The first-order valence-corrected chi connectivity index (χ1v) is 7.99. The van der Waals surface area contributed by atoms with Gasteiger partial charge in [-0.05, 0) is 36.8 Å². The summed E-state index contributed by atoms with van der Waals surface area (Å²) in [6.45, 7) is 1.85. The molecule has 0 amide bonds. The van der Waals surface area contributed by atoms with E-state index in [1.54, 1.807) is 12.1 Å². The van der Waals surface area contributed by atoms with E-state index in [9.17, 15) is 18.6 Å². The maximum absolute atomic E-state index is 12.0. The second-order valence-corrected chi connectivity index (χ2v) is 6.60. The van der Waals surface area contributed by atoms with E-state index >= 15 is 0 Å². The number of benzene rings is 2. The molecule has 22 heavy (non-hydrogen) atoms. The van der Waals surface area contributed by atoms with E-state index in [0.29, 0.717) is 5.56 Å². The van der Waals surface area contributed by atoms with Gasteiger partial charge in [-0.3, -0.25) is 0 Å². The summed E-state index contributed by atoms with van der Waals surface area (Å²) in [5.74, 6) is -0.866. The van der Waals surface area contributed by atoms with Gasteiger partial charge in [0.2, 0.25) is 0 Å². The summed E-state index contributed by atoms with van der Waals surface area (Å²) >= 11 is 5.69. The highest BCUT2D eigenvalue weighted by atomic mass is 35.5. The van der Waals surface area contributed by atoms with E-state index in [4.69, 9.17) is 11.6 Å². The molecular weight excluding hydrogens is 328 g/mol. The number of hydrogen-bond acceptors (Lipinski definition) is 5. The van der Waals surface area contributed by atoms with Crippen LogP contribution in [-0.4, -0.2) is 24.8 Å². The van der Waals surface area contributed by atoms with Crippen molar-refractivity contribution in [1.29, 1.82) is 0 Å². The fraction of sp³-hybridized carbons (Fsp3) is 0.0714. The SMILES string of the molecule is Cc1ccc(S(=O)(=O)N/N=C/c2cc(O)c(O)c(Cl)c2)cc1. The fourth-order valence-corrected chi connectivity index (χ4v) is 2.63. The van der Waals surface area contributed by atoms with E-state index in [0.717, 1.165) is 11.8 Å². The molecule has 8 heteroatoms. The van der Waals surface area contributed by atoms with Gasteiger partial charge >= 0.3 is 0 Å². The zero-order chi connectivity index (χ0) is 16.3. The monoisotopic (exact) mass is 340 g/mol. The lowest BCUT2D eigenvalue weighted by Crippen LogP contribution is -2.18. The summed E-state index contributed by atoms with van der Waals surface area (Å²) in [5, 5.41) is 22.3. The molecule has 0 saturated heterocycles. The minimum absolute atomic E-state index is 0.0668. The van der Waals surface area contributed by atoms with Crippen molar-refractivity contribution in [2.45, 2.75) is 11.8 Å². The average Bonchev–Trinajstić information content (AvgIpc) is 2.45. The molecule has 0 aliphatic rings. The highest BCUT2D eigenvalue weighted by molar-refractivity contribution is 7.89. The highest BCUT2D eigenvalue weighted by Crippen LogP contribution is 2.33. The standard InChI is InChI=1S/C14H13ClN2O4S/c1-9-2-4-11(5-3-9)22(20,21)17-16-8-10-6-12(15)14(19)13(18)7-10/h2-8,17-19H,1H3/b16-8+. The van der Waals surface area contributed by atoms with Crippen LogP contribution in [0.15, 0.2) is 46.4 Å². The molecule has 6 nitrogen and oxygen atoms in total. The van der Waals surface area contributed by atoms with E-state index < -0.39 is 21.5 Å². The second-order valence-electron chi connectivity index (χ2n) is 4.54. The van der Waals surface area contributed by atoms with Crippen molar-refractivity contribution in [3.63, 3.8) is 0 Å². The van der Waals surface area contributed by atoms with Gasteiger partial charge < -0.3 is 10.2 Å². The topological polar surface area (TPSA) is 99.0 Å². The zero-order valence-electron chi connectivity index (χ0n) is 11.5. The Bertz CT molecular complexity index is 794. The lowest BCUT2D eigenvalue weighted by molar-refractivity contribution is 0.404. The first-order chi connectivity index (χ1) is 10.3. The van der Waals surface area contributed by atoms with Gasteiger partial charge in [-0.1, -0.05) is 29.3 Å². The van der Waals surface area contributed by atoms with Gasteiger partial charge in [-0.2, -0.15) is 13.5 Å². The Hall–Kier alpha value is -2.25. The van der Waals surface area contributed by atoms with E-state index in [1.165, 1.54) is 24.3 Å². The summed E-state index contributed by atoms with van der Waals surface area (Å²) in [6, 6.07) is 8.82. The minimum atomic E-state index is -3.77. The van der Waals surface area contributed by atoms with Crippen LogP contribution >= 0.6 is 11.6 Å². The van der Waals surface area contributed by atoms with E-state index in [-0.39, 0.29) is 9.92 Å². The molecule has 0 radical (unpaired) electrons. The number of phenols is 2. The number of aryl methyl sites for hydroxylation is 1. The fourth-order valence-electron chi connectivity index (χ4n) is 1.62. The summed E-state index contributed by atoms with van der Waals surface area (Å²) in [6.07, 6.45) is 1.16. The van der Waals surface area contributed by atoms with Crippen molar-refractivity contribution in [3.8, 4) is 11.5 Å². The molecule has 0 aliphatic carbocycles.